The van der Waals surface area contributed by atoms with Crippen molar-refractivity contribution in [2.75, 3.05) is 70.1 Å². The Bertz CT molecular complexity index is 2220. The molecular formula is C41H49Br2F4N9O7S2. The highest BCUT2D eigenvalue weighted by atomic mass is 79.9. The lowest BCUT2D eigenvalue weighted by Gasteiger charge is -2.14. The fraction of sp³-hybridized carbons (Fsp3) is 0.463. The van der Waals surface area contributed by atoms with Gasteiger partial charge in [0.15, 0.2) is 5.56 Å². The van der Waals surface area contributed by atoms with Crippen molar-refractivity contribution in [3.05, 3.63) is 78.7 Å². The molecule has 2 fully saturated rings. The van der Waals surface area contributed by atoms with E-state index in [0.717, 1.165) is 112 Å². The Labute approximate surface area is 397 Å². The smallest absolute Gasteiger partial charge is 0.346 e. The Balaban J connectivity index is 0.000000244. The Kier molecular flexibility index (Phi) is 20.5. The lowest BCUT2D eigenvalue weighted by atomic mass is 10.2. The third-order valence-corrected chi connectivity index (χ3v) is 12.5. The summed E-state index contributed by atoms with van der Waals surface area (Å²) in [4.78, 5) is 53.4. The summed E-state index contributed by atoms with van der Waals surface area (Å²) < 4.78 is 80.0. The van der Waals surface area contributed by atoms with Crippen LogP contribution in [0.25, 0.3) is 0 Å². The van der Waals surface area contributed by atoms with E-state index in [1.807, 2.05) is 0 Å². The minimum absolute atomic E-state index is 0.0961. The lowest BCUT2D eigenvalue weighted by molar-refractivity contribution is 0.0596. The number of ether oxygens (including phenoxy) is 3. The minimum Gasteiger partial charge on any atom is -0.471 e. The zero-order valence-corrected chi connectivity index (χ0v) is 40.2. The fourth-order valence-corrected chi connectivity index (χ4v) is 9.01. The first-order valence-electron chi connectivity index (χ1n) is 20.7. The van der Waals surface area contributed by atoms with Crippen molar-refractivity contribution in [3.8, 4) is 11.8 Å². The number of carbonyl (C=O) groups is 4. The van der Waals surface area contributed by atoms with Crippen LogP contribution in [0.3, 0.4) is 0 Å². The van der Waals surface area contributed by atoms with Gasteiger partial charge in [-0.3, -0.25) is 15.4 Å². The molecule has 0 unspecified atom stereocenters. The van der Waals surface area contributed by atoms with E-state index in [1.165, 1.54) is 32.8 Å². The van der Waals surface area contributed by atoms with Gasteiger partial charge in [-0.25, -0.2) is 31.9 Å². The van der Waals surface area contributed by atoms with Crippen LogP contribution in [0.4, 0.5) is 37.2 Å². The second-order valence-corrected chi connectivity index (χ2v) is 18.2. The quantitative estimate of drug-likeness (QED) is 0.0323. The van der Waals surface area contributed by atoms with Gasteiger partial charge < -0.3 is 40.4 Å². The molecule has 0 atom stereocenters. The molecule has 0 bridgehead atoms. The van der Waals surface area contributed by atoms with Crippen LogP contribution in [-0.4, -0.2) is 102 Å². The van der Waals surface area contributed by atoms with Gasteiger partial charge in [-0.1, -0.05) is 31.9 Å². The predicted octanol–water partition coefficient (Wildman–Crippen LogP) is 8.41. The SMILES string of the molecule is COC(=O)c1c(OCc2c(F)cc(Br)cc2F)nsc1NC(=O)NCCCCN1CCCC1.NC(=O)c1c(OCc2c(F)cc(Br)cc2F)nsc1NC(=O)NCCCCN1CCCC1. The number of aromatic nitrogens is 2. The van der Waals surface area contributed by atoms with E-state index in [0.29, 0.717) is 13.1 Å². The number of benzene rings is 2. The monoisotopic (exact) mass is 1080 g/mol. The molecule has 0 radical (unpaired) electrons. The Morgan fingerprint density at radius 2 is 1.05 bits per heavy atom. The van der Waals surface area contributed by atoms with Gasteiger partial charge in [0.1, 0.15) is 52.0 Å². The maximum Gasteiger partial charge on any atom is 0.346 e. The van der Waals surface area contributed by atoms with Crippen LogP contribution in [0.1, 0.15) is 83.2 Å². The van der Waals surface area contributed by atoms with E-state index in [1.54, 1.807) is 0 Å². The van der Waals surface area contributed by atoms with Crippen molar-refractivity contribution in [1.82, 2.24) is 29.2 Å². The molecule has 354 valence electrons. The molecule has 24 heteroatoms. The number of amides is 5. The topological polar surface area (TPSA) is 202 Å². The molecule has 6 N–H and O–H groups in total. The number of rotatable bonds is 20. The molecule has 0 spiro atoms. The second kappa shape index (κ2) is 25.9. The highest BCUT2D eigenvalue weighted by Crippen LogP contribution is 2.33. The van der Waals surface area contributed by atoms with Gasteiger partial charge in [-0.2, -0.15) is 8.75 Å². The van der Waals surface area contributed by atoms with E-state index >= 15 is 0 Å². The molecule has 2 aromatic carbocycles. The summed E-state index contributed by atoms with van der Waals surface area (Å²) in [6.07, 6.45) is 8.60. The summed E-state index contributed by atoms with van der Waals surface area (Å²) in [6, 6.07) is 3.40. The van der Waals surface area contributed by atoms with Crippen LogP contribution in [0, 0.1) is 23.3 Å². The highest BCUT2D eigenvalue weighted by Gasteiger charge is 2.26. The maximum absolute atomic E-state index is 14.1. The Morgan fingerprint density at radius 3 is 1.43 bits per heavy atom. The van der Waals surface area contributed by atoms with Gasteiger partial charge in [0.05, 0.1) is 18.2 Å². The van der Waals surface area contributed by atoms with Crippen LogP contribution in [0.5, 0.6) is 11.8 Å². The predicted molar refractivity (Wildman–Crippen MR) is 245 cm³/mol. The van der Waals surface area contributed by atoms with Gasteiger partial charge in [-0.15, -0.1) is 0 Å². The van der Waals surface area contributed by atoms with Crippen LogP contribution < -0.4 is 36.5 Å². The summed E-state index contributed by atoms with van der Waals surface area (Å²) in [7, 11) is 1.17. The molecule has 2 saturated heterocycles. The first kappa shape index (κ1) is 51.4. The standard InChI is InChI=1S/C21H25BrF2N4O4S.C20H24BrF2N5O3S/c1-31-20(29)17-18(32-12-14-15(23)10-13(22)11-16(14)24)27-33-19(17)26-21(30)25-6-2-3-7-28-8-4-5-9-28;21-12-9-14(22)13(15(23)10-12)11-31-18-16(17(24)29)19(32-27-18)26-20(30)25-5-1-2-6-28-7-3-4-8-28/h10-11H,2-9,12H2,1H3,(H2,25,26,30);9-10H,1-8,11H2,(H2,24,29)(H2,25,26,30). The number of methoxy groups -OCH3 is 1. The molecule has 4 aromatic rings. The summed E-state index contributed by atoms with van der Waals surface area (Å²) in [6.45, 7) is 6.56. The van der Waals surface area contributed by atoms with Gasteiger partial charge in [0.2, 0.25) is 11.8 Å². The molecule has 0 aliphatic carbocycles. The molecule has 4 heterocycles. The van der Waals surface area contributed by atoms with Crippen molar-refractivity contribution in [2.45, 2.75) is 64.6 Å². The van der Waals surface area contributed by atoms with Crippen molar-refractivity contribution in [3.63, 3.8) is 0 Å². The van der Waals surface area contributed by atoms with Gasteiger partial charge in [0, 0.05) is 22.0 Å². The number of urea groups is 2. The molecule has 65 heavy (non-hydrogen) atoms. The maximum atomic E-state index is 14.1. The molecule has 5 amide bonds. The van der Waals surface area contributed by atoms with Crippen LogP contribution in [-0.2, 0) is 18.0 Å². The van der Waals surface area contributed by atoms with E-state index < -0.39 is 60.4 Å². The summed E-state index contributed by atoms with van der Waals surface area (Å²) >= 11 is 7.61. The number of carbonyl (C=O) groups excluding carboxylic acids is 4. The van der Waals surface area contributed by atoms with E-state index in [9.17, 15) is 36.7 Å². The second-order valence-electron chi connectivity index (χ2n) is 14.8. The number of likely N-dealkylation sites (tertiary alicyclic amines) is 2. The van der Waals surface area contributed by atoms with Crippen molar-refractivity contribution in [1.29, 1.82) is 0 Å². The van der Waals surface area contributed by atoms with E-state index in [-0.39, 0.29) is 53.0 Å². The number of hydrogen-bond donors (Lipinski definition) is 5. The van der Waals surface area contributed by atoms with Crippen molar-refractivity contribution < 1.29 is 51.0 Å². The molecule has 2 aliphatic heterocycles. The average molecular weight is 1080 g/mol. The number of nitrogens with zero attached hydrogens (tertiary/aromatic N) is 4. The van der Waals surface area contributed by atoms with Gasteiger partial charge >= 0.3 is 18.0 Å². The van der Waals surface area contributed by atoms with Crippen LogP contribution >= 0.6 is 54.9 Å². The number of hydrogen-bond acceptors (Lipinski definition) is 13. The molecule has 6 rings (SSSR count). The van der Waals surface area contributed by atoms with E-state index in [4.69, 9.17) is 19.9 Å². The van der Waals surface area contributed by atoms with Gasteiger partial charge in [-0.05, 0) is 138 Å². The number of nitrogens with two attached hydrogens (primary N) is 1. The third-order valence-electron chi connectivity index (χ3n) is 10.1. The average Bonchev–Trinajstić information content (AvgIpc) is 4.09. The number of nitrogens with one attached hydrogen (secondary N) is 4. The van der Waals surface area contributed by atoms with Crippen LogP contribution in [0.15, 0.2) is 33.2 Å². The number of primary amides is 1. The third kappa shape index (κ3) is 15.8. The van der Waals surface area contributed by atoms with Crippen molar-refractivity contribution in [2.24, 2.45) is 5.73 Å². The number of halogens is 6. The van der Waals surface area contributed by atoms with Crippen molar-refractivity contribution >= 4 is 88.9 Å². The summed E-state index contributed by atoms with van der Waals surface area (Å²) in [5.74, 6) is -5.30. The fourth-order valence-electron chi connectivity index (χ4n) is 6.75. The van der Waals surface area contributed by atoms with Gasteiger partial charge in [0.25, 0.3) is 5.91 Å². The largest absolute Gasteiger partial charge is 0.471 e. The minimum atomic E-state index is -0.883. The molecule has 2 aliphatic rings. The number of anilines is 2. The zero-order valence-electron chi connectivity index (χ0n) is 35.3. The lowest BCUT2D eigenvalue weighted by Crippen LogP contribution is -2.30. The number of esters is 1. The highest BCUT2D eigenvalue weighted by molar-refractivity contribution is 9.10. The first-order valence-corrected chi connectivity index (χ1v) is 23.8. The zero-order chi connectivity index (χ0) is 46.9. The summed E-state index contributed by atoms with van der Waals surface area (Å²) in [5, 5.41) is 10.8. The summed E-state index contributed by atoms with van der Waals surface area (Å²) in [5.41, 5.74) is 4.49. The Morgan fingerprint density at radius 1 is 0.662 bits per heavy atom. The Hall–Kier alpha value is -4.62. The van der Waals surface area contributed by atoms with Crippen LogP contribution in [0.2, 0.25) is 0 Å². The first-order chi connectivity index (χ1) is 31.2. The molecule has 0 saturated carbocycles. The molecule has 16 nitrogen and oxygen atoms in total. The van der Waals surface area contributed by atoms with E-state index in [2.05, 4.69) is 71.7 Å². The number of unbranched alkanes of at least 4 members (excludes halogenated alkanes) is 2. The molecular weight excluding hydrogens is 1030 g/mol. The molecule has 2 aromatic heterocycles. The normalized spacial score (nSPS) is 13.8.